The van der Waals surface area contributed by atoms with Crippen LogP contribution < -0.4 is 5.73 Å². The third-order valence-electron chi connectivity index (χ3n) is 3.29. The van der Waals surface area contributed by atoms with Gasteiger partial charge in [0.1, 0.15) is 0 Å². The van der Waals surface area contributed by atoms with E-state index < -0.39 is 0 Å². The lowest BCUT2D eigenvalue weighted by Gasteiger charge is -2.09. The highest BCUT2D eigenvalue weighted by Crippen LogP contribution is 2.31. The predicted molar refractivity (Wildman–Crippen MR) is 90.1 cm³/mol. The van der Waals surface area contributed by atoms with Gasteiger partial charge in [0.05, 0.1) is 18.7 Å². The topological polar surface area (TPSA) is 49.4 Å². The summed E-state index contributed by atoms with van der Waals surface area (Å²) in [4.78, 5) is 1.27. The van der Waals surface area contributed by atoms with E-state index in [1.165, 1.54) is 15.8 Å². The first-order chi connectivity index (χ1) is 10.3. The maximum Gasteiger partial charge on any atom is 0.0700 e. The number of aromatic nitrogens is 1. The normalized spacial score (nSPS) is 11.3. The van der Waals surface area contributed by atoms with Crippen molar-refractivity contribution >= 4 is 28.4 Å². The van der Waals surface area contributed by atoms with E-state index in [2.05, 4.69) is 35.9 Å². The summed E-state index contributed by atoms with van der Waals surface area (Å²) < 4.78 is 12.7. The number of hydrogen-bond acceptors (Lipinski definition) is 4. The van der Waals surface area contributed by atoms with Gasteiger partial charge in [0, 0.05) is 42.4 Å². The quantitative estimate of drug-likeness (QED) is 0.438. The number of aryl methyl sites for hydroxylation is 1. The number of nitrogens with two attached hydrogens (primary N) is 1. The summed E-state index contributed by atoms with van der Waals surface area (Å²) in [6.45, 7) is 5.17. The Labute approximate surface area is 130 Å². The van der Waals surface area contributed by atoms with Crippen LogP contribution in [0.1, 0.15) is 13.3 Å². The standard InChI is InChI=1S/C16H24N2O2S/c1-3-21-16-12-13(17)11-15-14(16)5-7-18(15)6-4-8-20-10-9-19-2/h5,7,11-12H,3-4,6,8-10,17H2,1-2H3. The lowest BCUT2D eigenvalue weighted by atomic mass is 10.2. The number of methoxy groups -OCH3 is 1. The van der Waals surface area contributed by atoms with Gasteiger partial charge in [-0.3, -0.25) is 0 Å². The fourth-order valence-corrected chi connectivity index (χ4v) is 3.19. The summed E-state index contributed by atoms with van der Waals surface area (Å²) in [6.07, 6.45) is 3.12. The molecule has 0 atom stereocenters. The lowest BCUT2D eigenvalue weighted by molar-refractivity contribution is 0.0681. The second-order valence-electron chi connectivity index (χ2n) is 4.85. The molecule has 0 saturated carbocycles. The molecule has 2 N–H and O–H groups in total. The molecule has 0 bridgehead atoms. The molecule has 5 heteroatoms. The van der Waals surface area contributed by atoms with Gasteiger partial charge in [-0.05, 0) is 30.4 Å². The summed E-state index contributed by atoms with van der Waals surface area (Å²) in [6, 6.07) is 6.30. The lowest BCUT2D eigenvalue weighted by Crippen LogP contribution is -2.06. The molecular weight excluding hydrogens is 284 g/mol. The van der Waals surface area contributed by atoms with E-state index in [1.807, 2.05) is 11.8 Å². The van der Waals surface area contributed by atoms with Crippen LogP contribution in [0.2, 0.25) is 0 Å². The fraction of sp³-hybridized carbons (Fsp3) is 0.500. The molecular formula is C16H24N2O2S. The summed E-state index contributed by atoms with van der Waals surface area (Å²) in [5.41, 5.74) is 8.07. The number of anilines is 1. The average molecular weight is 308 g/mol. The molecule has 0 aliphatic heterocycles. The van der Waals surface area contributed by atoms with E-state index in [0.29, 0.717) is 13.2 Å². The van der Waals surface area contributed by atoms with Crippen molar-refractivity contribution in [2.75, 3.05) is 38.4 Å². The molecule has 1 aromatic heterocycles. The maximum absolute atomic E-state index is 6.03. The Morgan fingerprint density at radius 1 is 1.24 bits per heavy atom. The van der Waals surface area contributed by atoms with Crippen molar-refractivity contribution in [2.24, 2.45) is 0 Å². The zero-order valence-electron chi connectivity index (χ0n) is 12.8. The Kier molecular flexibility index (Phi) is 6.42. The Morgan fingerprint density at radius 2 is 2.10 bits per heavy atom. The molecule has 2 aromatic rings. The Morgan fingerprint density at radius 3 is 2.86 bits per heavy atom. The van der Waals surface area contributed by atoms with Crippen molar-refractivity contribution in [3.8, 4) is 0 Å². The fourth-order valence-electron chi connectivity index (χ4n) is 2.33. The predicted octanol–water partition coefficient (Wildman–Crippen LogP) is 3.39. The van der Waals surface area contributed by atoms with Crippen molar-refractivity contribution in [3.63, 3.8) is 0 Å². The Hall–Kier alpha value is -1.17. The van der Waals surface area contributed by atoms with E-state index in [4.69, 9.17) is 15.2 Å². The van der Waals surface area contributed by atoms with Gasteiger partial charge >= 0.3 is 0 Å². The van der Waals surface area contributed by atoms with Crippen molar-refractivity contribution in [2.45, 2.75) is 24.8 Å². The molecule has 0 aliphatic carbocycles. The third kappa shape index (κ3) is 4.40. The van der Waals surface area contributed by atoms with Gasteiger partial charge < -0.3 is 19.8 Å². The number of hydrogen-bond donors (Lipinski definition) is 1. The van der Waals surface area contributed by atoms with Crippen LogP contribution >= 0.6 is 11.8 Å². The second-order valence-corrected chi connectivity index (χ2v) is 6.16. The van der Waals surface area contributed by atoms with Crippen LogP contribution in [-0.2, 0) is 16.0 Å². The number of rotatable bonds is 9. The number of benzene rings is 1. The van der Waals surface area contributed by atoms with E-state index >= 15 is 0 Å². The van der Waals surface area contributed by atoms with Crippen molar-refractivity contribution < 1.29 is 9.47 Å². The van der Waals surface area contributed by atoms with Crippen LogP contribution in [0.3, 0.4) is 0 Å². The molecule has 2 rings (SSSR count). The van der Waals surface area contributed by atoms with Crippen molar-refractivity contribution in [1.82, 2.24) is 4.57 Å². The Balaban J connectivity index is 2.00. The van der Waals surface area contributed by atoms with Crippen LogP contribution in [0.15, 0.2) is 29.3 Å². The van der Waals surface area contributed by atoms with Gasteiger partial charge in [-0.25, -0.2) is 0 Å². The highest BCUT2D eigenvalue weighted by atomic mass is 32.2. The van der Waals surface area contributed by atoms with E-state index in [-0.39, 0.29) is 0 Å². The van der Waals surface area contributed by atoms with Crippen LogP contribution in [0.4, 0.5) is 5.69 Å². The largest absolute Gasteiger partial charge is 0.399 e. The number of fused-ring (bicyclic) bond motifs is 1. The van der Waals surface area contributed by atoms with Gasteiger partial charge in [-0.2, -0.15) is 0 Å². The second kappa shape index (κ2) is 8.32. The smallest absolute Gasteiger partial charge is 0.0700 e. The number of nitrogen functional groups attached to an aromatic ring is 1. The van der Waals surface area contributed by atoms with Gasteiger partial charge in [0.2, 0.25) is 0 Å². The molecule has 1 heterocycles. The molecule has 0 amide bonds. The first-order valence-corrected chi connectivity index (χ1v) is 8.32. The molecule has 4 nitrogen and oxygen atoms in total. The molecule has 21 heavy (non-hydrogen) atoms. The molecule has 0 saturated heterocycles. The zero-order valence-corrected chi connectivity index (χ0v) is 13.6. The number of ether oxygens (including phenoxy) is 2. The summed E-state index contributed by atoms with van der Waals surface area (Å²) in [7, 11) is 1.69. The highest BCUT2D eigenvalue weighted by molar-refractivity contribution is 7.99. The summed E-state index contributed by atoms with van der Waals surface area (Å²) in [5.74, 6) is 1.05. The molecule has 0 aliphatic rings. The maximum atomic E-state index is 6.03. The molecule has 0 radical (unpaired) electrons. The van der Waals surface area contributed by atoms with Gasteiger partial charge in [0.25, 0.3) is 0 Å². The van der Waals surface area contributed by atoms with Crippen molar-refractivity contribution in [1.29, 1.82) is 0 Å². The summed E-state index contributed by atoms with van der Waals surface area (Å²) in [5, 5.41) is 1.29. The number of nitrogens with zero attached hydrogens (tertiary/aromatic N) is 1. The van der Waals surface area contributed by atoms with Gasteiger partial charge in [0.15, 0.2) is 0 Å². The number of thioether (sulfide) groups is 1. The molecule has 116 valence electrons. The van der Waals surface area contributed by atoms with Gasteiger partial charge in [-0.1, -0.05) is 6.92 Å². The van der Waals surface area contributed by atoms with Crippen LogP contribution in [0.5, 0.6) is 0 Å². The summed E-state index contributed by atoms with van der Waals surface area (Å²) >= 11 is 1.84. The first-order valence-electron chi connectivity index (χ1n) is 7.34. The van der Waals surface area contributed by atoms with E-state index in [9.17, 15) is 0 Å². The minimum Gasteiger partial charge on any atom is -0.399 e. The van der Waals surface area contributed by atoms with E-state index in [1.54, 1.807) is 7.11 Å². The minimum atomic E-state index is 0.653. The van der Waals surface area contributed by atoms with E-state index in [0.717, 1.165) is 31.0 Å². The SMILES string of the molecule is CCSc1cc(N)cc2c1ccn2CCCOCCOC. The van der Waals surface area contributed by atoms with Crippen LogP contribution in [-0.4, -0.2) is 37.3 Å². The first kappa shape index (κ1) is 16.2. The molecule has 0 spiro atoms. The highest BCUT2D eigenvalue weighted by Gasteiger charge is 2.07. The van der Waals surface area contributed by atoms with Crippen LogP contribution in [0, 0.1) is 0 Å². The monoisotopic (exact) mass is 308 g/mol. The van der Waals surface area contributed by atoms with Crippen molar-refractivity contribution in [3.05, 3.63) is 24.4 Å². The molecule has 0 unspecified atom stereocenters. The third-order valence-corrected chi connectivity index (χ3v) is 4.23. The average Bonchev–Trinajstić information content (AvgIpc) is 2.86. The minimum absolute atomic E-state index is 0.653. The molecule has 1 aromatic carbocycles. The van der Waals surface area contributed by atoms with Crippen LogP contribution in [0.25, 0.3) is 10.9 Å². The molecule has 0 fully saturated rings. The Bertz CT molecular complexity index is 569. The van der Waals surface area contributed by atoms with Gasteiger partial charge in [-0.15, -0.1) is 11.8 Å². The zero-order chi connectivity index (χ0) is 15.1.